The normalized spacial score (nSPS) is 14.8. The van der Waals surface area contributed by atoms with E-state index in [2.05, 4.69) is 5.32 Å². The summed E-state index contributed by atoms with van der Waals surface area (Å²) in [6, 6.07) is 12.7. The number of anilines is 1. The first-order valence-electron chi connectivity index (χ1n) is 10.8. The first-order valence-corrected chi connectivity index (χ1v) is 14.0. The van der Waals surface area contributed by atoms with Crippen molar-refractivity contribution in [3.05, 3.63) is 58.6 Å². The number of carbonyl (C=O) groups is 1. The molecule has 1 fully saturated rings. The Morgan fingerprint density at radius 2 is 1.75 bits per heavy atom. The standard InChI is InChI=1S/C23H28Cl2N2O3S2/c24-20-13-7-14-21(23(20)25)27(32(29,30)19-11-5-2-6-12-19)17-22(28)26-15-8-16-31-18-9-3-1-4-10-18/h2,5-7,11-14,18H,1,3-4,8-10,15-17H2,(H,26,28). The molecule has 0 spiro atoms. The lowest BCUT2D eigenvalue weighted by molar-refractivity contribution is -0.119. The zero-order valence-corrected chi connectivity index (χ0v) is 20.9. The number of benzene rings is 2. The van der Waals surface area contributed by atoms with Gasteiger partial charge in [0.15, 0.2) is 0 Å². The molecule has 2 aromatic rings. The van der Waals surface area contributed by atoms with Gasteiger partial charge >= 0.3 is 0 Å². The van der Waals surface area contributed by atoms with Gasteiger partial charge in [0.1, 0.15) is 6.54 Å². The molecule has 0 aromatic heterocycles. The monoisotopic (exact) mass is 514 g/mol. The van der Waals surface area contributed by atoms with Crippen LogP contribution < -0.4 is 9.62 Å². The number of halogens is 2. The van der Waals surface area contributed by atoms with Crippen LogP contribution in [0.3, 0.4) is 0 Å². The van der Waals surface area contributed by atoms with E-state index in [1.54, 1.807) is 36.4 Å². The number of thioether (sulfide) groups is 1. The minimum atomic E-state index is -4.01. The van der Waals surface area contributed by atoms with Gasteiger partial charge in [-0.15, -0.1) is 0 Å². The van der Waals surface area contributed by atoms with E-state index in [1.807, 2.05) is 11.8 Å². The van der Waals surface area contributed by atoms with Crippen LogP contribution in [0, 0.1) is 0 Å². The largest absolute Gasteiger partial charge is 0.354 e. The van der Waals surface area contributed by atoms with Crippen LogP contribution in [0.25, 0.3) is 0 Å². The molecule has 32 heavy (non-hydrogen) atoms. The van der Waals surface area contributed by atoms with Gasteiger partial charge < -0.3 is 5.32 Å². The van der Waals surface area contributed by atoms with Crippen molar-refractivity contribution in [1.82, 2.24) is 5.32 Å². The summed E-state index contributed by atoms with van der Waals surface area (Å²) in [5.74, 6) is 0.597. The highest BCUT2D eigenvalue weighted by molar-refractivity contribution is 7.99. The van der Waals surface area contributed by atoms with Crippen molar-refractivity contribution >= 4 is 56.6 Å². The smallest absolute Gasteiger partial charge is 0.264 e. The van der Waals surface area contributed by atoms with Crippen LogP contribution >= 0.6 is 35.0 Å². The third-order valence-electron chi connectivity index (χ3n) is 5.37. The molecule has 174 valence electrons. The molecule has 1 aliphatic rings. The Bertz CT molecular complexity index is 998. The van der Waals surface area contributed by atoms with E-state index in [4.69, 9.17) is 23.2 Å². The fraction of sp³-hybridized carbons (Fsp3) is 0.435. The van der Waals surface area contributed by atoms with Crippen LogP contribution in [0.4, 0.5) is 5.69 Å². The van der Waals surface area contributed by atoms with Gasteiger partial charge in [-0.3, -0.25) is 9.10 Å². The molecule has 0 radical (unpaired) electrons. The van der Waals surface area contributed by atoms with Crippen molar-refractivity contribution in [1.29, 1.82) is 0 Å². The number of rotatable bonds is 10. The van der Waals surface area contributed by atoms with Crippen molar-refractivity contribution in [3.63, 3.8) is 0 Å². The van der Waals surface area contributed by atoms with E-state index < -0.39 is 10.0 Å². The first kappa shape index (κ1) is 25.2. The Balaban J connectivity index is 1.65. The van der Waals surface area contributed by atoms with Gasteiger partial charge in [-0.1, -0.05) is 66.7 Å². The minimum Gasteiger partial charge on any atom is -0.354 e. The summed E-state index contributed by atoms with van der Waals surface area (Å²) in [6.07, 6.45) is 7.37. The quantitative estimate of drug-likeness (QED) is 0.409. The molecular weight excluding hydrogens is 487 g/mol. The van der Waals surface area contributed by atoms with Crippen LogP contribution in [0.15, 0.2) is 53.4 Å². The van der Waals surface area contributed by atoms with E-state index in [1.165, 1.54) is 44.2 Å². The summed E-state index contributed by atoms with van der Waals surface area (Å²) in [5, 5.41) is 3.88. The number of nitrogens with zero attached hydrogens (tertiary/aromatic N) is 1. The third kappa shape index (κ3) is 6.80. The van der Waals surface area contributed by atoms with E-state index in [0.29, 0.717) is 6.54 Å². The maximum absolute atomic E-state index is 13.3. The fourth-order valence-electron chi connectivity index (χ4n) is 3.67. The molecule has 0 bridgehead atoms. The second kappa shape index (κ2) is 12.2. The third-order valence-corrected chi connectivity index (χ3v) is 9.42. The average molecular weight is 516 g/mol. The van der Waals surface area contributed by atoms with Gasteiger partial charge in [0.25, 0.3) is 10.0 Å². The number of hydrogen-bond donors (Lipinski definition) is 1. The molecule has 1 aliphatic carbocycles. The van der Waals surface area contributed by atoms with Gasteiger partial charge in [-0.05, 0) is 49.3 Å². The zero-order valence-electron chi connectivity index (χ0n) is 17.8. The summed E-state index contributed by atoms with van der Waals surface area (Å²) >= 11 is 14.4. The van der Waals surface area contributed by atoms with Gasteiger partial charge in [-0.25, -0.2) is 8.42 Å². The van der Waals surface area contributed by atoms with E-state index in [0.717, 1.165) is 21.7 Å². The summed E-state index contributed by atoms with van der Waals surface area (Å²) in [7, 11) is -4.01. The number of hydrogen-bond acceptors (Lipinski definition) is 4. The molecule has 0 unspecified atom stereocenters. The predicted molar refractivity (Wildman–Crippen MR) is 134 cm³/mol. The molecule has 0 heterocycles. The number of carbonyl (C=O) groups excluding carboxylic acids is 1. The predicted octanol–water partition coefficient (Wildman–Crippen LogP) is 5.76. The number of sulfonamides is 1. The van der Waals surface area contributed by atoms with E-state index >= 15 is 0 Å². The molecule has 9 heteroatoms. The Morgan fingerprint density at radius 3 is 2.47 bits per heavy atom. The lowest BCUT2D eigenvalue weighted by atomic mass is 10.0. The van der Waals surface area contributed by atoms with Gasteiger partial charge in [0, 0.05) is 11.8 Å². The average Bonchev–Trinajstić information content (AvgIpc) is 2.80. The molecule has 1 N–H and O–H groups in total. The summed E-state index contributed by atoms with van der Waals surface area (Å²) in [6.45, 7) is 0.119. The second-order valence-corrected chi connectivity index (χ2v) is 11.8. The second-order valence-electron chi connectivity index (χ2n) is 7.73. The topological polar surface area (TPSA) is 66.5 Å². The summed E-state index contributed by atoms with van der Waals surface area (Å²) in [5.41, 5.74) is 0.172. The van der Waals surface area contributed by atoms with Crippen molar-refractivity contribution in [2.75, 3.05) is 23.1 Å². The maximum Gasteiger partial charge on any atom is 0.264 e. The van der Waals surface area contributed by atoms with E-state index in [9.17, 15) is 13.2 Å². The molecule has 0 aliphatic heterocycles. The molecule has 3 rings (SSSR count). The molecule has 1 saturated carbocycles. The van der Waals surface area contributed by atoms with Crippen molar-refractivity contribution in [2.45, 2.75) is 48.7 Å². The van der Waals surface area contributed by atoms with Crippen LogP contribution in [-0.2, 0) is 14.8 Å². The summed E-state index contributed by atoms with van der Waals surface area (Å²) in [4.78, 5) is 12.7. The molecule has 1 amide bonds. The first-order chi connectivity index (χ1) is 15.4. The van der Waals surface area contributed by atoms with Crippen LogP contribution in [-0.4, -0.2) is 38.4 Å². The lowest BCUT2D eigenvalue weighted by Gasteiger charge is -2.25. The lowest BCUT2D eigenvalue weighted by Crippen LogP contribution is -2.41. The molecule has 0 atom stereocenters. The Labute approximate surface area is 204 Å². The number of amides is 1. The van der Waals surface area contributed by atoms with Gasteiger partial charge in [-0.2, -0.15) is 11.8 Å². The molecular formula is C23H28Cl2N2O3S2. The van der Waals surface area contributed by atoms with Crippen molar-refractivity contribution in [3.8, 4) is 0 Å². The number of nitrogens with one attached hydrogen (secondary N) is 1. The van der Waals surface area contributed by atoms with Crippen LogP contribution in [0.5, 0.6) is 0 Å². The highest BCUT2D eigenvalue weighted by Crippen LogP contribution is 2.35. The van der Waals surface area contributed by atoms with Crippen molar-refractivity contribution in [2.24, 2.45) is 0 Å². The molecule has 2 aromatic carbocycles. The van der Waals surface area contributed by atoms with Crippen LogP contribution in [0.1, 0.15) is 38.5 Å². The Kier molecular flexibility index (Phi) is 9.59. The highest BCUT2D eigenvalue weighted by Gasteiger charge is 2.29. The molecule has 0 saturated heterocycles. The zero-order chi connectivity index (χ0) is 23.0. The van der Waals surface area contributed by atoms with E-state index in [-0.39, 0.29) is 33.1 Å². The van der Waals surface area contributed by atoms with Crippen molar-refractivity contribution < 1.29 is 13.2 Å². The Hall–Kier alpha value is -1.41. The van der Waals surface area contributed by atoms with Crippen LogP contribution in [0.2, 0.25) is 10.0 Å². The van der Waals surface area contributed by atoms with Gasteiger partial charge in [0.2, 0.25) is 5.91 Å². The fourth-order valence-corrected chi connectivity index (χ4v) is 6.89. The minimum absolute atomic E-state index is 0.0766. The maximum atomic E-state index is 13.3. The SMILES string of the molecule is O=C(CN(c1cccc(Cl)c1Cl)S(=O)(=O)c1ccccc1)NCCCSC1CCCCC1. The van der Waals surface area contributed by atoms with Gasteiger partial charge in [0.05, 0.1) is 20.6 Å². The Morgan fingerprint density at radius 1 is 1.03 bits per heavy atom. The summed E-state index contributed by atoms with van der Waals surface area (Å²) < 4.78 is 27.7. The molecule has 5 nitrogen and oxygen atoms in total. The highest BCUT2D eigenvalue weighted by atomic mass is 35.5.